The van der Waals surface area contributed by atoms with E-state index < -0.39 is 0 Å². The topological polar surface area (TPSA) is 57.8 Å². The number of hydrogen-bond donors (Lipinski definition) is 2. The molecule has 0 unspecified atom stereocenters. The van der Waals surface area contributed by atoms with E-state index in [-0.39, 0.29) is 17.8 Å². The Labute approximate surface area is 143 Å². The van der Waals surface area contributed by atoms with E-state index in [1.807, 2.05) is 19.1 Å². The molecule has 2 aromatic carbocycles. The van der Waals surface area contributed by atoms with Crippen LogP contribution in [0.1, 0.15) is 28.9 Å². The number of rotatable bonds is 4. The van der Waals surface area contributed by atoms with Crippen molar-refractivity contribution in [2.24, 2.45) is 0 Å². The third-order valence-corrected chi connectivity index (χ3v) is 3.99. The molecule has 0 spiro atoms. The highest BCUT2D eigenvalue weighted by atomic mass is 35.5. The molecule has 3 aromatic rings. The first kappa shape index (κ1) is 16.2. The van der Waals surface area contributed by atoms with Crippen LogP contribution >= 0.6 is 11.6 Å². The van der Waals surface area contributed by atoms with Gasteiger partial charge in [0.25, 0.3) is 5.91 Å². The van der Waals surface area contributed by atoms with E-state index >= 15 is 0 Å². The summed E-state index contributed by atoms with van der Waals surface area (Å²) in [7, 11) is 0. The lowest BCUT2D eigenvalue weighted by molar-refractivity contribution is 0.0940. The molecule has 0 aliphatic heterocycles. The highest BCUT2D eigenvalue weighted by molar-refractivity contribution is 6.30. The van der Waals surface area contributed by atoms with Crippen LogP contribution in [0.2, 0.25) is 5.02 Å². The number of amides is 1. The van der Waals surface area contributed by atoms with Crippen molar-refractivity contribution in [3.8, 4) is 11.3 Å². The molecule has 0 saturated heterocycles. The molecule has 0 fully saturated rings. The molecule has 0 aliphatic carbocycles. The molecule has 2 N–H and O–H groups in total. The highest BCUT2D eigenvalue weighted by Gasteiger charge is 2.17. The van der Waals surface area contributed by atoms with Gasteiger partial charge in [0.15, 0.2) is 0 Å². The molecule has 6 heteroatoms. The molecule has 0 aliphatic rings. The fourth-order valence-corrected chi connectivity index (χ4v) is 2.53. The molecular weight excluding hydrogens is 329 g/mol. The van der Waals surface area contributed by atoms with Crippen molar-refractivity contribution in [2.75, 3.05) is 0 Å². The Balaban J connectivity index is 1.80. The van der Waals surface area contributed by atoms with Gasteiger partial charge in [0, 0.05) is 10.6 Å². The summed E-state index contributed by atoms with van der Waals surface area (Å²) in [6, 6.07) is 12.9. The van der Waals surface area contributed by atoms with Crippen molar-refractivity contribution in [3.63, 3.8) is 0 Å². The smallest absolute Gasteiger partial charge is 0.255 e. The Hall–Kier alpha value is -2.66. The minimum Gasteiger partial charge on any atom is -0.345 e. The first-order chi connectivity index (χ1) is 11.5. The highest BCUT2D eigenvalue weighted by Crippen LogP contribution is 2.23. The molecule has 24 heavy (non-hydrogen) atoms. The van der Waals surface area contributed by atoms with Crippen LogP contribution < -0.4 is 5.32 Å². The largest absolute Gasteiger partial charge is 0.345 e. The normalized spacial score (nSPS) is 12.0. The Morgan fingerprint density at radius 3 is 2.50 bits per heavy atom. The molecule has 0 bridgehead atoms. The Morgan fingerprint density at radius 1 is 1.17 bits per heavy atom. The summed E-state index contributed by atoms with van der Waals surface area (Å²) < 4.78 is 13.0. The summed E-state index contributed by atoms with van der Waals surface area (Å²) in [5, 5.41) is 10.3. The molecule has 3 rings (SSSR count). The monoisotopic (exact) mass is 343 g/mol. The Morgan fingerprint density at radius 2 is 1.83 bits per heavy atom. The third-order valence-electron chi connectivity index (χ3n) is 3.73. The predicted molar refractivity (Wildman–Crippen MR) is 91.3 cm³/mol. The summed E-state index contributed by atoms with van der Waals surface area (Å²) in [5.74, 6) is -0.567. The lowest BCUT2D eigenvalue weighted by Crippen LogP contribution is -2.26. The average Bonchev–Trinajstić information content (AvgIpc) is 3.06. The van der Waals surface area contributed by atoms with Crippen LogP contribution in [0.25, 0.3) is 11.3 Å². The summed E-state index contributed by atoms with van der Waals surface area (Å²) in [6.45, 7) is 1.84. The maximum absolute atomic E-state index is 13.0. The second-order valence-electron chi connectivity index (χ2n) is 5.41. The van der Waals surface area contributed by atoms with E-state index in [0.717, 1.165) is 11.1 Å². The maximum Gasteiger partial charge on any atom is 0.255 e. The number of carbonyl (C=O) groups is 1. The van der Waals surface area contributed by atoms with Crippen molar-refractivity contribution in [1.29, 1.82) is 0 Å². The molecule has 4 nitrogen and oxygen atoms in total. The summed E-state index contributed by atoms with van der Waals surface area (Å²) in [6.07, 6.45) is 1.48. The van der Waals surface area contributed by atoms with Gasteiger partial charge in [-0.3, -0.25) is 9.89 Å². The number of aromatic nitrogens is 2. The van der Waals surface area contributed by atoms with Crippen LogP contribution in [-0.4, -0.2) is 16.1 Å². The average molecular weight is 344 g/mol. The molecule has 122 valence electrons. The number of halogens is 2. The van der Waals surface area contributed by atoms with Gasteiger partial charge in [-0.15, -0.1) is 0 Å². The maximum atomic E-state index is 13.0. The first-order valence-electron chi connectivity index (χ1n) is 7.40. The van der Waals surface area contributed by atoms with Gasteiger partial charge in [0.2, 0.25) is 0 Å². The van der Waals surface area contributed by atoms with Gasteiger partial charge in [-0.1, -0.05) is 35.9 Å². The van der Waals surface area contributed by atoms with Gasteiger partial charge in [-0.25, -0.2) is 4.39 Å². The second kappa shape index (κ2) is 6.84. The zero-order valence-corrected chi connectivity index (χ0v) is 13.6. The zero-order valence-electron chi connectivity index (χ0n) is 12.9. The molecule has 0 radical (unpaired) electrons. The summed E-state index contributed by atoms with van der Waals surface area (Å²) in [4.78, 5) is 12.5. The third kappa shape index (κ3) is 3.46. The standard InChI is InChI=1S/C18H15ClFN3O/c1-11(12-4-8-15(20)9-5-12)22-18(24)16-10-21-23-17(16)13-2-6-14(19)7-3-13/h2-11H,1H3,(H,21,23)(H,22,24)/t11-/m0/s1. The molecular formula is C18H15ClFN3O. The van der Waals surface area contributed by atoms with Crippen LogP contribution in [0.3, 0.4) is 0 Å². The second-order valence-corrected chi connectivity index (χ2v) is 5.85. The molecule has 1 aromatic heterocycles. The Kier molecular flexibility index (Phi) is 4.62. The van der Waals surface area contributed by atoms with Gasteiger partial charge in [0.1, 0.15) is 5.82 Å². The van der Waals surface area contributed by atoms with E-state index in [0.29, 0.717) is 16.3 Å². The lowest BCUT2D eigenvalue weighted by atomic mass is 10.1. The van der Waals surface area contributed by atoms with Crippen LogP contribution in [0.5, 0.6) is 0 Å². The van der Waals surface area contributed by atoms with Crippen molar-refractivity contribution < 1.29 is 9.18 Å². The number of hydrogen-bond acceptors (Lipinski definition) is 2. The molecule has 1 amide bonds. The van der Waals surface area contributed by atoms with Gasteiger partial charge in [0.05, 0.1) is 23.5 Å². The Bertz CT molecular complexity index is 843. The fourth-order valence-electron chi connectivity index (χ4n) is 2.40. The van der Waals surface area contributed by atoms with Gasteiger partial charge < -0.3 is 5.32 Å². The summed E-state index contributed by atoms with van der Waals surface area (Å²) >= 11 is 5.89. The minimum atomic E-state index is -0.308. The zero-order chi connectivity index (χ0) is 17.1. The van der Waals surface area contributed by atoms with Crippen LogP contribution in [-0.2, 0) is 0 Å². The van der Waals surface area contributed by atoms with Crippen molar-refractivity contribution in [2.45, 2.75) is 13.0 Å². The summed E-state index contributed by atoms with van der Waals surface area (Å²) in [5.41, 5.74) is 2.69. The number of H-pyrrole nitrogens is 1. The minimum absolute atomic E-state index is 0.258. The van der Waals surface area contributed by atoms with Crippen molar-refractivity contribution in [1.82, 2.24) is 15.5 Å². The van der Waals surface area contributed by atoms with Gasteiger partial charge >= 0.3 is 0 Å². The molecule has 1 heterocycles. The first-order valence-corrected chi connectivity index (χ1v) is 7.78. The van der Waals surface area contributed by atoms with Crippen LogP contribution in [0.15, 0.2) is 54.7 Å². The van der Waals surface area contributed by atoms with Gasteiger partial charge in [-0.2, -0.15) is 5.10 Å². The van der Waals surface area contributed by atoms with E-state index in [4.69, 9.17) is 11.6 Å². The number of aromatic amines is 1. The fraction of sp³-hybridized carbons (Fsp3) is 0.111. The van der Waals surface area contributed by atoms with Crippen molar-refractivity contribution >= 4 is 17.5 Å². The van der Waals surface area contributed by atoms with Crippen LogP contribution in [0.4, 0.5) is 4.39 Å². The number of nitrogens with one attached hydrogen (secondary N) is 2. The number of benzene rings is 2. The van der Waals surface area contributed by atoms with E-state index in [1.165, 1.54) is 18.3 Å². The predicted octanol–water partition coefficient (Wildman–Crippen LogP) is 4.36. The lowest BCUT2D eigenvalue weighted by Gasteiger charge is -2.14. The quantitative estimate of drug-likeness (QED) is 0.739. The SMILES string of the molecule is C[C@H](NC(=O)c1cn[nH]c1-c1ccc(Cl)cc1)c1ccc(F)cc1. The van der Waals surface area contributed by atoms with E-state index in [1.54, 1.807) is 24.3 Å². The van der Waals surface area contributed by atoms with E-state index in [2.05, 4.69) is 15.5 Å². The number of nitrogens with zero attached hydrogens (tertiary/aromatic N) is 1. The van der Waals surface area contributed by atoms with E-state index in [9.17, 15) is 9.18 Å². The molecule has 1 atom stereocenters. The molecule has 0 saturated carbocycles. The number of carbonyl (C=O) groups excluding carboxylic acids is 1. The van der Waals surface area contributed by atoms with Crippen molar-refractivity contribution in [3.05, 3.63) is 76.7 Å². The van der Waals surface area contributed by atoms with Gasteiger partial charge in [-0.05, 0) is 36.8 Å². The van der Waals surface area contributed by atoms with Crippen LogP contribution in [0, 0.1) is 5.82 Å².